The number of hydrogen-bond donors (Lipinski definition) is 2. The van der Waals surface area contributed by atoms with Crippen molar-refractivity contribution < 1.29 is 23.9 Å². The molecule has 1 aliphatic heterocycles. The molecule has 1 aromatic rings. The molecule has 172 valence electrons. The summed E-state index contributed by atoms with van der Waals surface area (Å²) >= 11 is 0. The molecule has 3 atom stereocenters. The molecule has 0 aromatic heterocycles. The summed E-state index contributed by atoms with van der Waals surface area (Å²) in [5.74, 6) is -0.0519. The molecule has 31 heavy (non-hydrogen) atoms. The fourth-order valence-corrected chi connectivity index (χ4v) is 4.04. The first-order valence-corrected chi connectivity index (χ1v) is 13.6. The van der Waals surface area contributed by atoms with Gasteiger partial charge in [0.05, 0.1) is 18.7 Å². The van der Waals surface area contributed by atoms with Crippen molar-refractivity contribution in [1.29, 1.82) is 0 Å². The molecule has 0 radical (unpaired) electrons. The number of benzene rings is 1. The molecule has 0 saturated carbocycles. The molecule has 0 fully saturated rings. The van der Waals surface area contributed by atoms with E-state index >= 15 is 0 Å². The van der Waals surface area contributed by atoms with Crippen molar-refractivity contribution in [3.8, 4) is 0 Å². The lowest BCUT2D eigenvalue weighted by molar-refractivity contribution is 0.102. The SMILES string of the molecule is C[C@@H]1C=C[C@H](CO[Si](C)(C)C(C)(C)C)N(C(=O)O)C[C@H]1NC(=O)OCc1ccccc1. The highest BCUT2D eigenvalue weighted by Gasteiger charge is 2.39. The van der Waals surface area contributed by atoms with Gasteiger partial charge in [0.15, 0.2) is 8.32 Å². The lowest BCUT2D eigenvalue weighted by Crippen LogP contribution is -2.52. The number of nitrogens with zero attached hydrogens (tertiary/aromatic N) is 1. The summed E-state index contributed by atoms with van der Waals surface area (Å²) < 4.78 is 11.6. The third-order valence-electron chi connectivity index (χ3n) is 6.25. The second-order valence-corrected chi connectivity index (χ2v) is 14.4. The van der Waals surface area contributed by atoms with Gasteiger partial charge in [-0.2, -0.15) is 0 Å². The van der Waals surface area contributed by atoms with Crippen LogP contribution in [0.15, 0.2) is 42.5 Å². The van der Waals surface area contributed by atoms with Gasteiger partial charge in [-0.25, -0.2) is 9.59 Å². The van der Waals surface area contributed by atoms with Crippen LogP contribution < -0.4 is 5.32 Å². The molecule has 8 heteroatoms. The Kier molecular flexibility index (Phi) is 8.31. The Morgan fingerprint density at radius 1 is 1.19 bits per heavy atom. The Morgan fingerprint density at radius 3 is 2.42 bits per heavy atom. The van der Waals surface area contributed by atoms with Gasteiger partial charge in [-0.3, -0.25) is 4.90 Å². The summed E-state index contributed by atoms with van der Waals surface area (Å²) in [4.78, 5) is 25.7. The highest BCUT2D eigenvalue weighted by atomic mass is 28.4. The molecular formula is C23H36N2O5Si. The monoisotopic (exact) mass is 448 g/mol. The van der Waals surface area contributed by atoms with Crippen LogP contribution in [0.2, 0.25) is 18.1 Å². The number of hydrogen-bond acceptors (Lipinski definition) is 4. The number of ether oxygens (including phenoxy) is 1. The van der Waals surface area contributed by atoms with Gasteiger partial charge in [-0.1, -0.05) is 70.2 Å². The molecule has 2 N–H and O–H groups in total. The van der Waals surface area contributed by atoms with Gasteiger partial charge >= 0.3 is 12.2 Å². The Labute approximate surface area is 186 Å². The van der Waals surface area contributed by atoms with Gasteiger partial charge in [0.25, 0.3) is 0 Å². The predicted molar refractivity (Wildman–Crippen MR) is 124 cm³/mol. The molecule has 1 heterocycles. The largest absolute Gasteiger partial charge is 0.465 e. The number of amides is 2. The molecule has 2 rings (SSSR count). The Hall–Kier alpha value is -2.32. The van der Waals surface area contributed by atoms with Gasteiger partial charge in [-0.05, 0) is 29.6 Å². The summed E-state index contributed by atoms with van der Waals surface area (Å²) in [7, 11) is -2.02. The van der Waals surface area contributed by atoms with E-state index in [-0.39, 0.29) is 24.1 Å². The molecule has 0 unspecified atom stereocenters. The van der Waals surface area contributed by atoms with Crippen LogP contribution in [0.5, 0.6) is 0 Å². The summed E-state index contributed by atoms with van der Waals surface area (Å²) in [6.07, 6.45) is 2.23. The minimum atomic E-state index is -2.02. The minimum Gasteiger partial charge on any atom is -0.465 e. The average molecular weight is 449 g/mol. The van der Waals surface area contributed by atoms with Crippen molar-refractivity contribution >= 4 is 20.5 Å². The van der Waals surface area contributed by atoms with Crippen LogP contribution in [0.3, 0.4) is 0 Å². The maximum absolute atomic E-state index is 12.3. The van der Waals surface area contributed by atoms with E-state index in [4.69, 9.17) is 9.16 Å². The zero-order valence-electron chi connectivity index (χ0n) is 19.4. The van der Waals surface area contributed by atoms with Crippen LogP contribution in [0.25, 0.3) is 0 Å². The van der Waals surface area contributed by atoms with Crippen molar-refractivity contribution in [2.24, 2.45) is 5.92 Å². The normalized spacial score (nSPS) is 22.0. The fourth-order valence-electron chi connectivity index (χ4n) is 3.02. The Bertz CT molecular complexity index is 776. The molecule has 2 amide bonds. The zero-order valence-corrected chi connectivity index (χ0v) is 20.4. The predicted octanol–water partition coefficient (Wildman–Crippen LogP) is 4.86. The highest BCUT2D eigenvalue weighted by Crippen LogP contribution is 2.36. The second kappa shape index (κ2) is 10.3. The summed E-state index contributed by atoms with van der Waals surface area (Å²) in [5.41, 5.74) is 0.890. The number of nitrogens with one attached hydrogen (secondary N) is 1. The molecule has 0 bridgehead atoms. The molecule has 0 aliphatic carbocycles. The Morgan fingerprint density at radius 2 is 1.84 bits per heavy atom. The van der Waals surface area contributed by atoms with Crippen LogP contribution in [-0.2, 0) is 15.8 Å². The third-order valence-corrected chi connectivity index (χ3v) is 10.7. The van der Waals surface area contributed by atoms with Crippen LogP contribution in [-0.4, -0.2) is 55.7 Å². The van der Waals surface area contributed by atoms with E-state index in [0.717, 1.165) is 5.56 Å². The van der Waals surface area contributed by atoms with Crippen LogP contribution >= 0.6 is 0 Å². The number of alkyl carbamates (subject to hydrolysis) is 1. The topological polar surface area (TPSA) is 88.1 Å². The molecule has 7 nitrogen and oxygen atoms in total. The van der Waals surface area contributed by atoms with Gasteiger partial charge in [0.1, 0.15) is 6.61 Å². The first-order valence-electron chi connectivity index (χ1n) is 10.7. The van der Waals surface area contributed by atoms with Crippen molar-refractivity contribution in [3.05, 3.63) is 48.0 Å². The first kappa shape index (κ1) is 24.9. The van der Waals surface area contributed by atoms with E-state index < -0.39 is 32.6 Å². The van der Waals surface area contributed by atoms with Crippen molar-refractivity contribution in [2.75, 3.05) is 13.2 Å². The maximum Gasteiger partial charge on any atom is 0.407 e. The smallest absolute Gasteiger partial charge is 0.407 e. The molecule has 1 aliphatic rings. The van der Waals surface area contributed by atoms with Crippen LogP contribution in [0.1, 0.15) is 33.3 Å². The van der Waals surface area contributed by atoms with Crippen LogP contribution in [0.4, 0.5) is 9.59 Å². The zero-order chi connectivity index (χ0) is 23.2. The van der Waals surface area contributed by atoms with E-state index in [1.807, 2.05) is 49.4 Å². The summed E-state index contributed by atoms with van der Waals surface area (Å²) in [6.45, 7) is 13.3. The van der Waals surface area contributed by atoms with E-state index in [1.54, 1.807) is 0 Å². The summed E-state index contributed by atoms with van der Waals surface area (Å²) in [5, 5.41) is 12.7. The lowest BCUT2D eigenvalue weighted by atomic mass is 10.0. The van der Waals surface area contributed by atoms with E-state index in [2.05, 4.69) is 39.2 Å². The van der Waals surface area contributed by atoms with Gasteiger partial charge in [0, 0.05) is 6.54 Å². The van der Waals surface area contributed by atoms with Crippen molar-refractivity contribution in [1.82, 2.24) is 10.2 Å². The first-order chi connectivity index (χ1) is 14.4. The fraction of sp³-hybridized carbons (Fsp3) is 0.565. The number of rotatable bonds is 6. The van der Waals surface area contributed by atoms with Gasteiger partial charge < -0.3 is 19.6 Å². The lowest BCUT2D eigenvalue weighted by Gasteiger charge is -2.38. The second-order valence-electron chi connectivity index (χ2n) is 9.63. The van der Waals surface area contributed by atoms with Crippen molar-refractivity contribution in [2.45, 2.75) is 64.5 Å². The van der Waals surface area contributed by atoms with Gasteiger partial charge in [-0.15, -0.1) is 0 Å². The maximum atomic E-state index is 12.3. The molecule has 0 saturated heterocycles. The van der Waals surface area contributed by atoms with E-state index in [1.165, 1.54) is 4.90 Å². The number of carboxylic acid groups (broad SMARTS) is 1. The molecular weight excluding hydrogens is 412 g/mol. The van der Waals surface area contributed by atoms with Gasteiger partial charge in [0.2, 0.25) is 0 Å². The Balaban J connectivity index is 2.01. The summed E-state index contributed by atoms with van der Waals surface area (Å²) in [6, 6.07) is 8.62. The number of carbonyl (C=O) groups is 2. The quantitative estimate of drug-likeness (QED) is 0.479. The van der Waals surface area contributed by atoms with E-state index in [9.17, 15) is 14.7 Å². The molecule has 1 aromatic carbocycles. The van der Waals surface area contributed by atoms with Crippen molar-refractivity contribution in [3.63, 3.8) is 0 Å². The highest BCUT2D eigenvalue weighted by molar-refractivity contribution is 6.74. The van der Waals surface area contributed by atoms with E-state index in [0.29, 0.717) is 6.61 Å². The standard InChI is InChI=1S/C23H36N2O5Si/c1-17-12-13-19(16-30-31(5,6)23(2,3)4)25(22(27)28)14-20(17)24-21(26)29-15-18-10-8-7-9-11-18/h7-13,17,19-20H,14-16H2,1-6H3,(H,24,26)(H,27,28)/t17-,19-,20-/m1/s1. The average Bonchev–Trinajstić information content (AvgIpc) is 2.84. The van der Waals surface area contributed by atoms with Crippen LogP contribution in [0, 0.1) is 5.92 Å². The third kappa shape index (κ3) is 7.11. The molecule has 0 spiro atoms. The minimum absolute atomic E-state index is 0.0371. The number of carbonyl (C=O) groups excluding carboxylic acids is 1.